The lowest BCUT2D eigenvalue weighted by Gasteiger charge is -2.32. The average Bonchev–Trinajstić information content (AvgIpc) is 2.36. The largest absolute Gasteiger partial charge is 0.324 e. The van der Waals surface area contributed by atoms with Gasteiger partial charge in [0.2, 0.25) is 10.0 Å². The zero-order valence-electron chi connectivity index (χ0n) is 11.8. The van der Waals surface area contributed by atoms with E-state index in [0.29, 0.717) is 6.54 Å². The van der Waals surface area contributed by atoms with Crippen LogP contribution in [0.2, 0.25) is 0 Å². The smallest absolute Gasteiger partial charge is 0.237 e. The van der Waals surface area contributed by atoms with Crippen molar-refractivity contribution < 1.29 is 8.42 Å². The standard InChI is InChI=1S/C14H22N2O2S/c1-10(2)19(17,18)16-8-4-5-13-9-12(11(3)15)6-7-14(13)16/h6-7,9-11H,4-5,8,15H2,1-3H3. The van der Waals surface area contributed by atoms with Crippen molar-refractivity contribution >= 4 is 15.7 Å². The Bertz CT molecular complexity index is 565. The molecule has 1 aromatic carbocycles. The lowest BCUT2D eigenvalue weighted by molar-refractivity contribution is 0.578. The molecule has 2 rings (SSSR count). The van der Waals surface area contributed by atoms with E-state index in [1.54, 1.807) is 18.2 Å². The molecular weight excluding hydrogens is 260 g/mol. The molecule has 1 unspecified atom stereocenters. The summed E-state index contributed by atoms with van der Waals surface area (Å²) in [5, 5.41) is -0.397. The van der Waals surface area contributed by atoms with E-state index in [4.69, 9.17) is 5.73 Å². The molecule has 0 aliphatic carbocycles. The minimum absolute atomic E-state index is 0.0256. The molecule has 1 atom stereocenters. The van der Waals surface area contributed by atoms with Crippen molar-refractivity contribution in [3.05, 3.63) is 29.3 Å². The monoisotopic (exact) mass is 282 g/mol. The van der Waals surface area contributed by atoms with E-state index in [2.05, 4.69) is 0 Å². The van der Waals surface area contributed by atoms with Gasteiger partial charge in [-0.1, -0.05) is 12.1 Å². The lowest BCUT2D eigenvalue weighted by atomic mass is 9.98. The van der Waals surface area contributed by atoms with Crippen molar-refractivity contribution in [3.8, 4) is 0 Å². The van der Waals surface area contributed by atoms with Gasteiger partial charge in [0.1, 0.15) is 0 Å². The highest BCUT2D eigenvalue weighted by Crippen LogP contribution is 2.32. The summed E-state index contributed by atoms with van der Waals surface area (Å²) < 4.78 is 26.3. The third-order valence-electron chi connectivity index (χ3n) is 3.61. The fourth-order valence-electron chi connectivity index (χ4n) is 2.38. The van der Waals surface area contributed by atoms with E-state index >= 15 is 0 Å². The van der Waals surface area contributed by atoms with Gasteiger partial charge in [-0.15, -0.1) is 0 Å². The summed E-state index contributed by atoms with van der Waals surface area (Å²) in [6.45, 7) is 5.96. The second-order valence-corrected chi connectivity index (χ2v) is 7.86. The van der Waals surface area contributed by atoms with Crippen molar-refractivity contribution in [2.75, 3.05) is 10.8 Å². The summed E-state index contributed by atoms with van der Waals surface area (Å²) in [5.74, 6) is 0. The normalized spacial score (nSPS) is 17.4. The topological polar surface area (TPSA) is 63.4 Å². The lowest BCUT2D eigenvalue weighted by Crippen LogP contribution is -2.39. The third kappa shape index (κ3) is 2.62. The van der Waals surface area contributed by atoms with Gasteiger partial charge in [-0.05, 0) is 50.8 Å². The Morgan fingerprint density at radius 3 is 2.53 bits per heavy atom. The highest BCUT2D eigenvalue weighted by atomic mass is 32.2. The minimum Gasteiger partial charge on any atom is -0.324 e. The molecule has 5 heteroatoms. The molecule has 0 spiro atoms. The second-order valence-electron chi connectivity index (χ2n) is 5.45. The second kappa shape index (κ2) is 5.13. The molecule has 106 valence electrons. The van der Waals surface area contributed by atoms with Crippen molar-refractivity contribution in [2.24, 2.45) is 5.73 Å². The minimum atomic E-state index is -3.24. The Hall–Kier alpha value is -1.07. The van der Waals surface area contributed by atoms with Crippen LogP contribution in [0.5, 0.6) is 0 Å². The molecule has 19 heavy (non-hydrogen) atoms. The van der Waals surface area contributed by atoms with Gasteiger partial charge in [0, 0.05) is 12.6 Å². The number of hydrogen-bond donors (Lipinski definition) is 1. The molecule has 0 saturated heterocycles. The Balaban J connectivity index is 2.46. The molecule has 0 radical (unpaired) electrons. The van der Waals surface area contributed by atoms with Crippen molar-refractivity contribution in [2.45, 2.75) is 44.9 Å². The molecule has 0 fully saturated rings. The van der Waals surface area contributed by atoms with Crippen LogP contribution >= 0.6 is 0 Å². The van der Waals surface area contributed by atoms with Crippen LogP contribution in [-0.2, 0) is 16.4 Å². The first-order chi connectivity index (χ1) is 8.84. The van der Waals surface area contributed by atoms with E-state index in [9.17, 15) is 8.42 Å². The number of hydrogen-bond acceptors (Lipinski definition) is 3. The molecule has 1 aliphatic heterocycles. The van der Waals surface area contributed by atoms with Crippen molar-refractivity contribution in [1.82, 2.24) is 0 Å². The highest BCUT2D eigenvalue weighted by Gasteiger charge is 2.29. The van der Waals surface area contributed by atoms with Gasteiger partial charge in [-0.2, -0.15) is 0 Å². The van der Waals surface area contributed by atoms with Gasteiger partial charge < -0.3 is 5.73 Å². The summed E-state index contributed by atoms with van der Waals surface area (Å²) in [6, 6.07) is 5.84. The molecule has 2 N–H and O–H groups in total. The van der Waals surface area contributed by atoms with Crippen LogP contribution < -0.4 is 10.0 Å². The SMILES string of the molecule is CC(N)c1ccc2c(c1)CCCN2S(=O)(=O)C(C)C. The van der Waals surface area contributed by atoms with Crippen molar-refractivity contribution in [3.63, 3.8) is 0 Å². The van der Waals surface area contributed by atoms with E-state index < -0.39 is 15.3 Å². The summed E-state index contributed by atoms with van der Waals surface area (Å²) in [6.07, 6.45) is 1.78. The van der Waals surface area contributed by atoms with E-state index in [1.807, 2.05) is 25.1 Å². The van der Waals surface area contributed by atoms with Gasteiger partial charge in [-0.3, -0.25) is 4.31 Å². The first-order valence-electron chi connectivity index (χ1n) is 6.74. The third-order valence-corrected chi connectivity index (χ3v) is 5.79. The maximum Gasteiger partial charge on any atom is 0.237 e. The molecule has 0 amide bonds. The van der Waals surface area contributed by atoms with Gasteiger partial charge in [0.05, 0.1) is 10.9 Å². The molecule has 0 saturated carbocycles. The summed E-state index contributed by atoms with van der Waals surface area (Å²) in [7, 11) is -3.24. The number of nitrogens with two attached hydrogens (primary N) is 1. The fourth-order valence-corrected chi connectivity index (χ4v) is 3.73. The number of sulfonamides is 1. The number of anilines is 1. The number of benzene rings is 1. The maximum absolute atomic E-state index is 12.4. The Kier molecular flexibility index (Phi) is 3.87. The summed E-state index contributed by atoms with van der Waals surface area (Å²) in [5.41, 5.74) is 8.85. The maximum atomic E-state index is 12.4. The van der Waals surface area contributed by atoms with E-state index in [0.717, 1.165) is 29.7 Å². The first kappa shape index (κ1) is 14.3. The molecule has 0 bridgehead atoms. The van der Waals surface area contributed by atoms with Gasteiger partial charge >= 0.3 is 0 Å². The van der Waals surface area contributed by atoms with Crippen LogP contribution in [0.1, 0.15) is 44.4 Å². The predicted molar refractivity (Wildman–Crippen MR) is 78.8 cm³/mol. The summed E-state index contributed by atoms with van der Waals surface area (Å²) >= 11 is 0. The van der Waals surface area contributed by atoms with Gasteiger partial charge in [0.15, 0.2) is 0 Å². The van der Waals surface area contributed by atoms with Crippen LogP contribution in [0, 0.1) is 0 Å². The van der Waals surface area contributed by atoms with Crippen molar-refractivity contribution in [1.29, 1.82) is 0 Å². The molecule has 1 heterocycles. The van der Waals surface area contributed by atoms with Crippen LogP contribution in [0.4, 0.5) is 5.69 Å². The van der Waals surface area contributed by atoms with Crippen LogP contribution in [-0.4, -0.2) is 20.2 Å². The quantitative estimate of drug-likeness (QED) is 0.924. The van der Waals surface area contributed by atoms with Gasteiger partial charge in [-0.25, -0.2) is 8.42 Å². The number of rotatable bonds is 3. The Morgan fingerprint density at radius 1 is 1.26 bits per heavy atom. The first-order valence-corrected chi connectivity index (χ1v) is 8.24. The molecule has 4 nitrogen and oxygen atoms in total. The Labute approximate surface area is 115 Å². The van der Waals surface area contributed by atoms with Crippen LogP contribution in [0.25, 0.3) is 0 Å². The van der Waals surface area contributed by atoms with Crippen LogP contribution in [0.15, 0.2) is 18.2 Å². The number of fused-ring (bicyclic) bond motifs is 1. The van der Waals surface area contributed by atoms with Crippen LogP contribution in [0.3, 0.4) is 0 Å². The predicted octanol–water partition coefficient (Wildman–Crippen LogP) is 2.20. The average molecular weight is 282 g/mol. The molecule has 1 aromatic rings. The number of aryl methyl sites for hydroxylation is 1. The van der Waals surface area contributed by atoms with Gasteiger partial charge in [0.25, 0.3) is 0 Å². The summed E-state index contributed by atoms with van der Waals surface area (Å²) in [4.78, 5) is 0. The zero-order chi connectivity index (χ0) is 14.2. The van der Waals surface area contributed by atoms with E-state index in [1.165, 1.54) is 0 Å². The molecule has 0 aromatic heterocycles. The highest BCUT2D eigenvalue weighted by molar-refractivity contribution is 7.93. The molecule has 1 aliphatic rings. The molecular formula is C14H22N2O2S. The fraction of sp³-hybridized carbons (Fsp3) is 0.571. The number of nitrogens with zero attached hydrogens (tertiary/aromatic N) is 1. The van der Waals surface area contributed by atoms with E-state index in [-0.39, 0.29) is 6.04 Å². The zero-order valence-corrected chi connectivity index (χ0v) is 12.6. The Morgan fingerprint density at radius 2 is 1.95 bits per heavy atom.